The van der Waals surface area contributed by atoms with Crippen molar-refractivity contribution in [2.45, 2.75) is 0 Å². The van der Waals surface area contributed by atoms with Crippen LogP contribution in [0.15, 0.2) is 237 Å². The molecular formula is C63H39N3S. The number of nitrogens with zero attached hydrogens (tertiary/aromatic N) is 3. The van der Waals surface area contributed by atoms with Crippen molar-refractivity contribution in [3.63, 3.8) is 0 Å². The van der Waals surface area contributed by atoms with Gasteiger partial charge in [-0.2, -0.15) is 0 Å². The van der Waals surface area contributed by atoms with E-state index < -0.39 is 0 Å². The Balaban J connectivity index is 0.831. The highest BCUT2D eigenvalue weighted by atomic mass is 32.1. The second-order valence-corrected chi connectivity index (χ2v) is 18.2. The average molecular weight is 870 g/mol. The fraction of sp³-hybridized carbons (Fsp3) is 0. The molecule has 0 atom stereocenters. The molecule has 0 bridgehead atoms. The second-order valence-electron chi connectivity index (χ2n) is 17.2. The van der Waals surface area contributed by atoms with Crippen LogP contribution in [0.25, 0.3) is 131 Å². The van der Waals surface area contributed by atoms with Gasteiger partial charge in [-0.15, -0.1) is 11.3 Å². The zero-order valence-corrected chi connectivity index (χ0v) is 37.1. The fourth-order valence-corrected chi connectivity index (χ4v) is 10.9. The van der Waals surface area contributed by atoms with E-state index in [1.807, 2.05) is 24.3 Å². The highest BCUT2D eigenvalue weighted by molar-refractivity contribution is 7.25. The van der Waals surface area contributed by atoms with E-state index in [0.29, 0.717) is 17.5 Å². The van der Waals surface area contributed by atoms with Crippen LogP contribution < -0.4 is 0 Å². The van der Waals surface area contributed by atoms with Crippen molar-refractivity contribution in [2.24, 2.45) is 0 Å². The van der Waals surface area contributed by atoms with Crippen molar-refractivity contribution < 1.29 is 0 Å². The maximum absolute atomic E-state index is 5.09. The minimum atomic E-state index is 0.648. The van der Waals surface area contributed by atoms with Crippen LogP contribution in [0.3, 0.4) is 0 Å². The molecular weight excluding hydrogens is 831 g/mol. The third kappa shape index (κ3) is 7.03. The minimum Gasteiger partial charge on any atom is -0.208 e. The zero-order chi connectivity index (χ0) is 44.3. The SMILES string of the molecule is c1ccc(-c2ccc(-c3nc(-c4ccccc4)nc(-c4ccc5c(c4)sc4ccc(-c6cccc(-c7cccc(-c8ccc9c%10ccccc%10c%10ccccc%10c9c8)c7)c6)cc45)n3)cc2)cc1. The summed E-state index contributed by atoms with van der Waals surface area (Å²) in [6, 6.07) is 84.9. The van der Waals surface area contributed by atoms with Gasteiger partial charge in [0, 0.05) is 36.9 Å². The van der Waals surface area contributed by atoms with E-state index in [2.05, 4.69) is 212 Å². The summed E-state index contributed by atoms with van der Waals surface area (Å²) < 4.78 is 2.44. The van der Waals surface area contributed by atoms with E-state index in [1.54, 1.807) is 11.3 Å². The maximum Gasteiger partial charge on any atom is 0.164 e. The molecule has 11 aromatic carbocycles. The minimum absolute atomic E-state index is 0.648. The molecule has 0 saturated carbocycles. The molecule has 2 heterocycles. The summed E-state index contributed by atoms with van der Waals surface area (Å²) in [4.78, 5) is 15.1. The first-order valence-corrected chi connectivity index (χ1v) is 23.5. The predicted octanol–water partition coefficient (Wildman–Crippen LogP) is 17.4. The van der Waals surface area contributed by atoms with Gasteiger partial charge >= 0.3 is 0 Å². The number of rotatable bonds is 7. The molecule has 13 aromatic rings. The summed E-state index contributed by atoms with van der Waals surface area (Å²) in [5.41, 5.74) is 12.4. The average Bonchev–Trinajstić information content (AvgIpc) is 3.79. The van der Waals surface area contributed by atoms with Crippen LogP contribution in [0.1, 0.15) is 0 Å². The van der Waals surface area contributed by atoms with Crippen molar-refractivity contribution >= 4 is 63.8 Å². The van der Waals surface area contributed by atoms with E-state index in [4.69, 9.17) is 15.0 Å². The molecule has 0 amide bonds. The van der Waals surface area contributed by atoms with Crippen molar-refractivity contribution in [1.29, 1.82) is 0 Å². The first kappa shape index (κ1) is 38.9. The monoisotopic (exact) mass is 869 g/mol. The van der Waals surface area contributed by atoms with Gasteiger partial charge in [-0.3, -0.25) is 0 Å². The van der Waals surface area contributed by atoms with Crippen molar-refractivity contribution in [3.05, 3.63) is 237 Å². The largest absolute Gasteiger partial charge is 0.208 e. The van der Waals surface area contributed by atoms with Gasteiger partial charge in [-0.1, -0.05) is 200 Å². The summed E-state index contributed by atoms with van der Waals surface area (Å²) in [6.45, 7) is 0. The summed E-state index contributed by atoms with van der Waals surface area (Å²) in [5, 5.41) is 10.2. The lowest BCUT2D eigenvalue weighted by Gasteiger charge is -2.13. The molecule has 312 valence electrons. The number of aromatic nitrogens is 3. The molecule has 4 heteroatoms. The van der Waals surface area contributed by atoms with Crippen LogP contribution in [0.5, 0.6) is 0 Å². The molecule has 0 aliphatic rings. The molecule has 13 rings (SSSR count). The molecule has 0 saturated heterocycles. The van der Waals surface area contributed by atoms with Gasteiger partial charge in [-0.05, 0) is 113 Å². The van der Waals surface area contributed by atoms with Gasteiger partial charge in [0.1, 0.15) is 0 Å². The van der Waals surface area contributed by atoms with Crippen LogP contribution >= 0.6 is 11.3 Å². The molecule has 0 unspecified atom stereocenters. The lowest BCUT2D eigenvalue weighted by Crippen LogP contribution is -2.00. The molecule has 3 nitrogen and oxygen atoms in total. The highest BCUT2D eigenvalue weighted by Gasteiger charge is 2.16. The van der Waals surface area contributed by atoms with E-state index in [0.717, 1.165) is 22.3 Å². The zero-order valence-electron chi connectivity index (χ0n) is 36.3. The van der Waals surface area contributed by atoms with Gasteiger partial charge < -0.3 is 0 Å². The molecule has 0 N–H and O–H groups in total. The Bertz CT molecular complexity index is 3990. The number of hydrogen-bond donors (Lipinski definition) is 0. The number of thiophene rings is 1. The standard InChI is InChI=1S/C63H39N3S/c1-3-13-40(14-4-1)41-25-27-43(28-26-41)62-64-61(42-15-5-2-6-16-42)65-63(66-62)50-30-33-56-58-38-49(31-34-59(58)67-60(56)39-50)47-20-12-18-45(36-47)44-17-11-19-46(35-44)48-29-32-55-53-23-8-7-21-51(53)52-22-9-10-24-54(52)57(55)37-48/h1-39H. The first-order valence-electron chi connectivity index (χ1n) is 22.7. The number of fused-ring (bicyclic) bond motifs is 9. The van der Waals surface area contributed by atoms with Gasteiger partial charge in [0.15, 0.2) is 17.5 Å². The summed E-state index contributed by atoms with van der Waals surface area (Å²) >= 11 is 1.80. The molecule has 67 heavy (non-hydrogen) atoms. The Morgan fingerprint density at radius 3 is 1.13 bits per heavy atom. The third-order valence-electron chi connectivity index (χ3n) is 13.1. The molecule has 0 aliphatic heterocycles. The summed E-state index contributed by atoms with van der Waals surface area (Å²) in [7, 11) is 0. The topological polar surface area (TPSA) is 38.7 Å². The smallest absolute Gasteiger partial charge is 0.164 e. The summed E-state index contributed by atoms with van der Waals surface area (Å²) in [5.74, 6) is 1.95. The molecule has 0 aliphatic carbocycles. The molecule has 2 aromatic heterocycles. The van der Waals surface area contributed by atoms with Crippen LogP contribution in [-0.2, 0) is 0 Å². The van der Waals surface area contributed by atoms with Crippen LogP contribution in [0.4, 0.5) is 0 Å². The number of hydrogen-bond acceptors (Lipinski definition) is 4. The normalized spacial score (nSPS) is 11.6. The Morgan fingerprint density at radius 1 is 0.194 bits per heavy atom. The Labute approximate surface area is 392 Å². The lowest BCUT2D eigenvalue weighted by molar-refractivity contribution is 1.07. The van der Waals surface area contributed by atoms with E-state index in [9.17, 15) is 0 Å². The fourth-order valence-electron chi connectivity index (χ4n) is 9.73. The van der Waals surface area contributed by atoms with Crippen LogP contribution in [0, 0.1) is 0 Å². The highest BCUT2D eigenvalue weighted by Crippen LogP contribution is 2.41. The van der Waals surface area contributed by atoms with Crippen molar-refractivity contribution in [3.8, 4) is 78.7 Å². The van der Waals surface area contributed by atoms with E-state index in [-0.39, 0.29) is 0 Å². The molecule has 0 fully saturated rings. The van der Waals surface area contributed by atoms with Gasteiger partial charge in [-0.25, -0.2) is 15.0 Å². The molecule has 0 spiro atoms. The quantitative estimate of drug-likeness (QED) is 0.150. The van der Waals surface area contributed by atoms with Gasteiger partial charge in [0.25, 0.3) is 0 Å². The lowest BCUT2D eigenvalue weighted by atomic mass is 9.91. The van der Waals surface area contributed by atoms with E-state index in [1.165, 1.54) is 91.4 Å². The number of benzene rings is 11. The molecule has 0 radical (unpaired) electrons. The Morgan fingerprint density at radius 2 is 0.552 bits per heavy atom. The maximum atomic E-state index is 5.09. The van der Waals surface area contributed by atoms with Gasteiger partial charge in [0.2, 0.25) is 0 Å². The van der Waals surface area contributed by atoms with Gasteiger partial charge in [0.05, 0.1) is 0 Å². The summed E-state index contributed by atoms with van der Waals surface area (Å²) in [6.07, 6.45) is 0. The predicted molar refractivity (Wildman–Crippen MR) is 283 cm³/mol. The second kappa shape index (κ2) is 16.1. The third-order valence-corrected chi connectivity index (χ3v) is 14.3. The van der Waals surface area contributed by atoms with Crippen molar-refractivity contribution in [2.75, 3.05) is 0 Å². The van der Waals surface area contributed by atoms with E-state index >= 15 is 0 Å². The Kier molecular flexibility index (Phi) is 9.36. The van der Waals surface area contributed by atoms with Crippen LogP contribution in [-0.4, -0.2) is 15.0 Å². The van der Waals surface area contributed by atoms with Crippen LogP contribution in [0.2, 0.25) is 0 Å². The van der Waals surface area contributed by atoms with Crippen molar-refractivity contribution in [1.82, 2.24) is 15.0 Å². The first-order chi connectivity index (χ1) is 33.2. The Hall–Kier alpha value is -8.57.